The maximum absolute atomic E-state index is 11.1. The Labute approximate surface area is 114 Å². The summed E-state index contributed by atoms with van der Waals surface area (Å²) in [6.45, 7) is 5.31. The van der Waals surface area contributed by atoms with E-state index in [1.165, 1.54) is 6.26 Å². The Morgan fingerprint density at radius 3 is 2.37 bits per heavy atom. The minimum atomic E-state index is -2.85. The van der Waals surface area contributed by atoms with E-state index in [4.69, 9.17) is 0 Å². The van der Waals surface area contributed by atoms with Crippen molar-refractivity contribution in [1.29, 1.82) is 0 Å². The van der Waals surface area contributed by atoms with Crippen LogP contribution in [0.4, 0.5) is 0 Å². The molecule has 1 aromatic rings. The number of hydrogen-bond donors (Lipinski definition) is 0. The van der Waals surface area contributed by atoms with Crippen molar-refractivity contribution in [2.75, 3.05) is 44.7 Å². The lowest BCUT2D eigenvalue weighted by Crippen LogP contribution is -2.47. The van der Waals surface area contributed by atoms with Crippen LogP contribution < -0.4 is 0 Å². The van der Waals surface area contributed by atoms with Gasteiger partial charge >= 0.3 is 0 Å². The molecule has 1 aromatic heterocycles. The third-order valence-electron chi connectivity index (χ3n) is 3.53. The van der Waals surface area contributed by atoms with Crippen molar-refractivity contribution < 1.29 is 8.42 Å². The molecule has 0 N–H and O–H groups in total. The van der Waals surface area contributed by atoms with Crippen LogP contribution >= 0.6 is 0 Å². The van der Waals surface area contributed by atoms with Crippen LogP contribution in [-0.2, 0) is 23.4 Å². The van der Waals surface area contributed by atoms with Gasteiger partial charge in [0.25, 0.3) is 0 Å². The number of rotatable bonds is 5. The van der Waals surface area contributed by atoms with E-state index in [9.17, 15) is 8.42 Å². The first kappa shape index (κ1) is 14.5. The average Bonchev–Trinajstić information content (AvgIpc) is 2.73. The summed E-state index contributed by atoms with van der Waals surface area (Å²) in [5, 5.41) is 0. The van der Waals surface area contributed by atoms with E-state index < -0.39 is 9.84 Å². The predicted octanol–water partition coefficient (Wildman–Crippen LogP) is -0.418. The first-order valence-corrected chi connectivity index (χ1v) is 8.59. The van der Waals surface area contributed by atoms with Crippen LogP contribution in [-0.4, -0.2) is 72.5 Å². The van der Waals surface area contributed by atoms with E-state index in [0.29, 0.717) is 6.54 Å². The van der Waals surface area contributed by atoms with E-state index >= 15 is 0 Å². The smallest absolute Gasteiger partial charge is 0.148 e. The van der Waals surface area contributed by atoms with Crippen LogP contribution in [0.1, 0.15) is 5.82 Å². The average molecular weight is 286 g/mol. The molecule has 0 aromatic carbocycles. The summed E-state index contributed by atoms with van der Waals surface area (Å²) >= 11 is 0. The summed E-state index contributed by atoms with van der Waals surface area (Å²) in [7, 11) is -0.848. The normalized spacial score (nSPS) is 18.8. The fraction of sp³-hybridized carbons (Fsp3) is 0.750. The van der Waals surface area contributed by atoms with Gasteiger partial charge in [-0.2, -0.15) is 0 Å². The molecule has 0 aliphatic carbocycles. The highest BCUT2D eigenvalue weighted by atomic mass is 32.2. The van der Waals surface area contributed by atoms with Crippen LogP contribution in [0.2, 0.25) is 0 Å². The summed E-state index contributed by atoms with van der Waals surface area (Å²) in [6.07, 6.45) is 5.07. The van der Waals surface area contributed by atoms with Crippen molar-refractivity contribution in [3.8, 4) is 0 Å². The zero-order chi connectivity index (χ0) is 13.9. The molecule has 0 amide bonds. The summed E-state index contributed by atoms with van der Waals surface area (Å²) in [5.74, 6) is 1.33. The van der Waals surface area contributed by atoms with Gasteiger partial charge in [0.1, 0.15) is 15.7 Å². The largest absolute Gasteiger partial charge is 0.337 e. The third kappa shape index (κ3) is 4.59. The lowest BCUT2D eigenvalue weighted by Gasteiger charge is -2.34. The molecular formula is C12H22N4O2S. The van der Waals surface area contributed by atoms with E-state index in [1.807, 2.05) is 24.0 Å². The first-order chi connectivity index (χ1) is 8.94. The third-order valence-corrected chi connectivity index (χ3v) is 4.45. The number of aryl methyl sites for hydroxylation is 1. The number of nitrogens with zero attached hydrogens (tertiary/aromatic N) is 4. The highest BCUT2D eigenvalue weighted by Gasteiger charge is 2.18. The molecule has 108 valence electrons. The number of hydrogen-bond acceptors (Lipinski definition) is 5. The molecule has 0 spiro atoms. The van der Waals surface area contributed by atoms with Gasteiger partial charge in [-0.1, -0.05) is 0 Å². The highest BCUT2D eigenvalue weighted by Crippen LogP contribution is 2.06. The molecule has 1 saturated heterocycles. The zero-order valence-electron chi connectivity index (χ0n) is 11.6. The molecule has 0 radical (unpaired) electrons. The summed E-state index contributed by atoms with van der Waals surface area (Å²) in [5.41, 5.74) is 0. The topological polar surface area (TPSA) is 58.4 Å². The number of aromatic nitrogens is 2. The van der Waals surface area contributed by atoms with Crippen molar-refractivity contribution in [2.45, 2.75) is 6.54 Å². The van der Waals surface area contributed by atoms with Gasteiger partial charge < -0.3 is 4.57 Å². The molecule has 0 unspecified atom stereocenters. The Hall–Kier alpha value is -0.920. The van der Waals surface area contributed by atoms with E-state index in [2.05, 4.69) is 14.8 Å². The summed E-state index contributed by atoms with van der Waals surface area (Å²) in [6, 6.07) is 0. The fourth-order valence-corrected chi connectivity index (χ4v) is 2.80. The van der Waals surface area contributed by atoms with Crippen LogP contribution in [0.15, 0.2) is 12.4 Å². The van der Waals surface area contributed by atoms with Gasteiger partial charge in [-0.25, -0.2) is 13.4 Å². The van der Waals surface area contributed by atoms with Gasteiger partial charge in [0.05, 0.1) is 12.3 Å². The molecule has 19 heavy (non-hydrogen) atoms. The van der Waals surface area contributed by atoms with E-state index in [-0.39, 0.29) is 5.75 Å². The van der Waals surface area contributed by atoms with E-state index in [0.717, 1.165) is 38.5 Å². The Balaban J connectivity index is 1.75. The van der Waals surface area contributed by atoms with Crippen molar-refractivity contribution in [2.24, 2.45) is 7.05 Å². The van der Waals surface area contributed by atoms with Gasteiger partial charge in [0, 0.05) is 58.4 Å². The fourth-order valence-electron chi connectivity index (χ4n) is 2.21. The quantitative estimate of drug-likeness (QED) is 0.736. The maximum atomic E-state index is 11.1. The monoisotopic (exact) mass is 286 g/mol. The molecule has 2 heterocycles. The van der Waals surface area contributed by atoms with Gasteiger partial charge in [-0.05, 0) is 0 Å². The second-order valence-corrected chi connectivity index (χ2v) is 7.46. The molecule has 0 saturated carbocycles. The molecule has 1 fully saturated rings. The second kappa shape index (κ2) is 6.02. The van der Waals surface area contributed by atoms with Crippen molar-refractivity contribution in [3.63, 3.8) is 0 Å². The van der Waals surface area contributed by atoms with Crippen molar-refractivity contribution in [3.05, 3.63) is 18.2 Å². The van der Waals surface area contributed by atoms with Crippen LogP contribution in [0, 0.1) is 0 Å². The molecule has 7 heteroatoms. The SMILES string of the molecule is Cn1ccnc1CN1CCN(CCS(C)(=O)=O)CC1. The molecular weight excluding hydrogens is 264 g/mol. The van der Waals surface area contributed by atoms with Gasteiger partial charge in [0.2, 0.25) is 0 Å². The maximum Gasteiger partial charge on any atom is 0.148 e. The Morgan fingerprint density at radius 2 is 1.84 bits per heavy atom. The predicted molar refractivity (Wildman–Crippen MR) is 74.6 cm³/mol. The highest BCUT2D eigenvalue weighted by molar-refractivity contribution is 7.90. The number of sulfone groups is 1. The summed E-state index contributed by atoms with van der Waals surface area (Å²) < 4.78 is 24.3. The van der Waals surface area contributed by atoms with Gasteiger partial charge in [0.15, 0.2) is 0 Å². The standard InChI is InChI=1S/C12H22N4O2S/c1-14-4-3-13-12(14)11-16-7-5-15(6-8-16)9-10-19(2,17)18/h3-4H,5-11H2,1-2H3. The zero-order valence-corrected chi connectivity index (χ0v) is 12.4. The Morgan fingerprint density at radius 1 is 1.21 bits per heavy atom. The van der Waals surface area contributed by atoms with Crippen LogP contribution in [0.3, 0.4) is 0 Å². The minimum absolute atomic E-state index is 0.256. The van der Waals surface area contributed by atoms with Gasteiger partial charge in [-0.15, -0.1) is 0 Å². The lowest BCUT2D eigenvalue weighted by molar-refractivity contribution is 0.129. The Bertz CT molecular complexity index is 504. The minimum Gasteiger partial charge on any atom is -0.337 e. The number of imidazole rings is 1. The van der Waals surface area contributed by atoms with Crippen molar-refractivity contribution in [1.82, 2.24) is 19.4 Å². The lowest BCUT2D eigenvalue weighted by atomic mass is 10.3. The molecule has 1 aliphatic heterocycles. The summed E-state index contributed by atoms with van der Waals surface area (Å²) in [4.78, 5) is 8.90. The molecule has 2 rings (SSSR count). The second-order valence-electron chi connectivity index (χ2n) is 5.20. The van der Waals surface area contributed by atoms with Crippen LogP contribution in [0.25, 0.3) is 0 Å². The molecule has 0 atom stereocenters. The molecule has 1 aliphatic rings. The number of piperazine rings is 1. The van der Waals surface area contributed by atoms with Crippen molar-refractivity contribution >= 4 is 9.84 Å². The first-order valence-electron chi connectivity index (χ1n) is 6.53. The Kier molecular flexibility index (Phi) is 4.59. The van der Waals surface area contributed by atoms with Crippen LogP contribution in [0.5, 0.6) is 0 Å². The van der Waals surface area contributed by atoms with E-state index in [1.54, 1.807) is 0 Å². The molecule has 6 nitrogen and oxygen atoms in total. The van der Waals surface area contributed by atoms with Gasteiger partial charge in [-0.3, -0.25) is 9.80 Å². The molecule has 0 bridgehead atoms.